The highest BCUT2D eigenvalue weighted by Gasteiger charge is 2.48. The third-order valence-corrected chi connectivity index (χ3v) is 8.40. The first-order valence-electron chi connectivity index (χ1n) is 9.80. The van der Waals surface area contributed by atoms with Crippen molar-refractivity contribution in [3.8, 4) is 0 Å². The second kappa shape index (κ2) is 6.64. The summed E-state index contributed by atoms with van der Waals surface area (Å²) in [7, 11) is -3.13. The lowest BCUT2D eigenvalue weighted by atomic mass is 9.74. The van der Waals surface area contributed by atoms with Gasteiger partial charge in [0.25, 0.3) is 0 Å². The fourth-order valence-corrected chi connectivity index (χ4v) is 5.77. The van der Waals surface area contributed by atoms with Gasteiger partial charge in [-0.05, 0) is 61.5 Å². The summed E-state index contributed by atoms with van der Waals surface area (Å²) in [5.41, 5.74) is 2.35. The predicted octanol–water partition coefficient (Wildman–Crippen LogP) is 2.38. The normalized spacial score (nSPS) is 25.2. The number of carbonyl (C=O) groups is 1. The minimum atomic E-state index is -3.13. The van der Waals surface area contributed by atoms with Crippen LogP contribution in [-0.4, -0.2) is 44.0 Å². The third kappa shape index (κ3) is 3.18. The number of nitrogens with zero attached hydrogens (tertiary/aromatic N) is 1. The number of rotatable bonds is 5. The molecule has 6 heteroatoms. The van der Waals surface area contributed by atoms with E-state index in [1.807, 2.05) is 12.1 Å². The van der Waals surface area contributed by atoms with Crippen LogP contribution in [0.15, 0.2) is 24.3 Å². The molecule has 1 heterocycles. The minimum Gasteiger partial charge on any atom is -0.355 e. The van der Waals surface area contributed by atoms with Crippen LogP contribution in [0.4, 0.5) is 0 Å². The zero-order valence-electron chi connectivity index (χ0n) is 15.4. The topological polar surface area (TPSA) is 66.5 Å². The summed E-state index contributed by atoms with van der Waals surface area (Å²) >= 11 is 0. The van der Waals surface area contributed by atoms with Crippen LogP contribution in [0.3, 0.4) is 0 Å². The van der Waals surface area contributed by atoms with Crippen molar-refractivity contribution in [2.75, 3.05) is 25.4 Å². The van der Waals surface area contributed by atoms with Crippen LogP contribution in [0.25, 0.3) is 0 Å². The zero-order valence-corrected chi connectivity index (χ0v) is 16.2. The van der Waals surface area contributed by atoms with Gasteiger partial charge in [-0.3, -0.25) is 4.79 Å². The van der Waals surface area contributed by atoms with Crippen LogP contribution in [-0.2, 0) is 20.2 Å². The van der Waals surface area contributed by atoms with E-state index < -0.39 is 10.0 Å². The van der Waals surface area contributed by atoms with E-state index in [0.29, 0.717) is 19.0 Å². The van der Waals surface area contributed by atoms with Gasteiger partial charge >= 0.3 is 0 Å². The Morgan fingerprint density at radius 2 is 1.92 bits per heavy atom. The maximum absolute atomic E-state index is 12.8. The maximum Gasteiger partial charge on any atom is 0.227 e. The summed E-state index contributed by atoms with van der Waals surface area (Å²) < 4.78 is 26.0. The minimum absolute atomic E-state index is 0.0576. The highest BCUT2D eigenvalue weighted by atomic mass is 32.2. The first-order chi connectivity index (χ1) is 12.5. The Morgan fingerprint density at radius 3 is 2.58 bits per heavy atom. The number of nitrogens with one attached hydrogen (secondary N) is 1. The fourth-order valence-electron chi connectivity index (χ4n) is 4.67. The molecule has 3 aliphatic rings. The van der Waals surface area contributed by atoms with Gasteiger partial charge in [-0.2, -0.15) is 0 Å². The van der Waals surface area contributed by atoms with Crippen molar-refractivity contribution in [3.63, 3.8) is 0 Å². The summed E-state index contributed by atoms with van der Waals surface area (Å²) in [6.45, 7) is 3.61. The van der Waals surface area contributed by atoms with Crippen molar-refractivity contribution in [1.82, 2.24) is 9.62 Å². The number of carbonyl (C=O) groups excluding carboxylic acids is 1. The number of fused-ring (bicyclic) bond motifs is 2. The smallest absolute Gasteiger partial charge is 0.227 e. The Kier molecular flexibility index (Phi) is 4.59. The van der Waals surface area contributed by atoms with Gasteiger partial charge in [-0.25, -0.2) is 12.7 Å². The van der Waals surface area contributed by atoms with E-state index in [1.165, 1.54) is 18.4 Å². The number of hydrogen-bond donors (Lipinski definition) is 1. The van der Waals surface area contributed by atoms with Gasteiger partial charge in [0.05, 0.1) is 11.7 Å². The summed E-state index contributed by atoms with van der Waals surface area (Å²) in [6, 6.07) is 8.28. The molecule has 1 amide bonds. The van der Waals surface area contributed by atoms with Crippen molar-refractivity contribution in [2.45, 2.75) is 50.4 Å². The van der Waals surface area contributed by atoms with Crippen LogP contribution in [0.1, 0.15) is 56.1 Å². The number of benzene rings is 1. The van der Waals surface area contributed by atoms with E-state index in [9.17, 15) is 13.2 Å². The molecular formula is C20H28N2O3S. The molecule has 26 heavy (non-hydrogen) atoms. The van der Waals surface area contributed by atoms with Crippen LogP contribution in [0.2, 0.25) is 0 Å². The van der Waals surface area contributed by atoms with Crippen molar-refractivity contribution in [1.29, 1.82) is 0 Å². The van der Waals surface area contributed by atoms with Gasteiger partial charge in [0.2, 0.25) is 15.9 Å². The van der Waals surface area contributed by atoms with Gasteiger partial charge in [0, 0.05) is 19.6 Å². The van der Waals surface area contributed by atoms with Gasteiger partial charge in [0.1, 0.15) is 0 Å². The predicted molar refractivity (Wildman–Crippen MR) is 101 cm³/mol. The molecular weight excluding hydrogens is 348 g/mol. The molecule has 1 saturated heterocycles. The van der Waals surface area contributed by atoms with Gasteiger partial charge in [0.15, 0.2) is 0 Å². The summed E-state index contributed by atoms with van der Waals surface area (Å²) in [4.78, 5) is 12.8. The Bertz CT molecular complexity index is 793. The first-order valence-corrected chi connectivity index (χ1v) is 11.4. The largest absolute Gasteiger partial charge is 0.355 e. The van der Waals surface area contributed by atoms with Gasteiger partial charge < -0.3 is 5.32 Å². The Morgan fingerprint density at radius 1 is 1.23 bits per heavy atom. The van der Waals surface area contributed by atoms with Crippen molar-refractivity contribution < 1.29 is 13.2 Å². The van der Waals surface area contributed by atoms with E-state index >= 15 is 0 Å². The van der Waals surface area contributed by atoms with Crippen LogP contribution < -0.4 is 5.32 Å². The standard InChI is InChI=1S/C20H28N2O3S/c1-2-26(24,25)22-11-9-20(10-12-22)13-17(16-5-3-4-6-18(16)20)19(23)21-14-15-7-8-15/h3-6,15,17H,2,7-14H2,1H3,(H,21,23)/t17-/m0/s1. The summed E-state index contributed by atoms with van der Waals surface area (Å²) in [5.74, 6) is 0.874. The average molecular weight is 377 g/mol. The Labute approximate surface area is 156 Å². The Hall–Kier alpha value is -1.40. The van der Waals surface area contributed by atoms with E-state index in [0.717, 1.165) is 31.4 Å². The fraction of sp³-hybridized carbons (Fsp3) is 0.650. The second-order valence-corrected chi connectivity index (χ2v) is 10.4. The highest BCUT2D eigenvalue weighted by Crippen LogP contribution is 2.52. The molecule has 142 valence electrons. The molecule has 1 aromatic carbocycles. The molecule has 1 N–H and O–H groups in total. The van der Waals surface area contributed by atoms with Crippen molar-refractivity contribution in [2.24, 2.45) is 5.92 Å². The molecule has 5 nitrogen and oxygen atoms in total. The summed E-state index contributed by atoms with van der Waals surface area (Å²) in [5, 5.41) is 3.15. The molecule has 1 aromatic rings. The Balaban J connectivity index is 1.54. The van der Waals surface area contributed by atoms with Gasteiger partial charge in [-0.15, -0.1) is 0 Å². The lowest BCUT2D eigenvalue weighted by Crippen LogP contribution is -2.45. The van der Waals surface area contributed by atoms with Crippen LogP contribution in [0.5, 0.6) is 0 Å². The monoisotopic (exact) mass is 376 g/mol. The van der Waals surface area contributed by atoms with E-state index in [2.05, 4.69) is 17.4 Å². The number of piperidine rings is 1. The van der Waals surface area contributed by atoms with Crippen molar-refractivity contribution in [3.05, 3.63) is 35.4 Å². The maximum atomic E-state index is 12.8. The molecule has 2 aliphatic carbocycles. The first kappa shape index (κ1) is 18.0. The lowest BCUT2D eigenvalue weighted by Gasteiger charge is -2.39. The molecule has 1 aliphatic heterocycles. The number of sulfonamides is 1. The molecule has 2 fully saturated rings. The average Bonchev–Trinajstić information content (AvgIpc) is 3.44. The molecule has 1 spiro atoms. The molecule has 0 radical (unpaired) electrons. The molecule has 0 aromatic heterocycles. The molecule has 1 saturated carbocycles. The second-order valence-electron chi connectivity index (χ2n) is 8.11. The highest BCUT2D eigenvalue weighted by molar-refractivity contribution is 7.89. The zero-order chi connectivity index (χ0) is 18.4. The quantitative estimate of drug-likeness (QED) is 0.858. The molecule has 0 bridgehead atoms. The van der Waals surface area contributed by atoms with Crippen LogP contribution in [0, 0.1) is 5.92 Å². The third-order valence-electron chi connectivity index (χ3n) is 6.52. The molecule has 4 rings (SSSR count). The van der Waals surface area contributed by atoms with Crippen molar-refractivity contribution >= 4 is 15.9 Å². The number of hydrogen-bond acceptors (Lipinski definition) is 3. The van der Waals surface area contributed by atoms with E-state index in [-0.39, 0.29) is 23.0 Å². The number of amides is 1. The molecule has 0 unspecified atom stereocenters. The van der Waals surface area contributed by atoms with E-state index in [4.69, 9.17) is 0 Å². The summed E-state index contributed by atoms with van der Waals surface area (Å²) in [6.07, 6.45) is 4.87. The SMILES string of the molecule is CCS(=O)(=O)N1CCC2(CC1)C[C@H](C(=O)NCC1CC1)c1ccccc12. The molecule has 1 atom stereocenters. The van der Waals surface area contributed by atoms with Gasteiger partial charge in [-0.1, -0.05) is 24.3 Å². The lowest BCUT2D eigenvalue weighted by molar-refractivity contribution is -0.122. The van der Waals surface area contributed by atoms with Crippen LogP contribution >= 0.6 is 0 Å². The van der Waals surface area contributed by atoms with E-state index in [1.54, 1.807) is 11.2 Å².